The maximum Gasteiger partial charge on any atom is 0.131 e. The summed E-state index contributed by atoms with van der Waals surface area (Å²) in [5.74, 6) is 0.0658. The molecule has 0 amide bonds. The third-order valence-corrected chi connectivity index (χ3v) is 3.28. The summed E-state index contributed by atoms with van der Waals surface area (Å²) in [7, 11) is 0. The van der Waals surface area contributed by atoms with Gasteiger partial charge in [-0.15, -0.1) is 0 Å². The number of fused-ring (bicyclic) bond motifs is 1. The Kier molecular flexibility index (Phi) is 3.00. The van der Waals surface area contributed by atoms with Gasteiger partial charge in [-0.3, -0.25) is 5.41 Å². The minimum absolute atomic E-state index is 0.0658. The van der Waals surface area contributed by atoms with Crippen molar-refractivity contribution in [3.05, 3.63) is 30.5 Å². The molecule has 2 aromatic rings. The highest BCUT2D eigenvalue weighted by atomic mass is 16.5. The van der Waals surface area contributed by atoms with Crippen LogP contribution in [0.3, 0.4) is 0 Å². The van der Waals surface area contributed by atoms with Gasteiger partial charge in [0.15, 0.2) is 0 Å². The molecular formula is C13H15N5O. The van der Waals surface area contributed by atoms with E-state index in [2.05, 4.69) is 15.1 Å². The van der Waals surface area contributed by atoms with Gasteiger partial charge in [0.1, 0.15) is 11.9 Å². The molecule has 0 aliphatic carbocycles. The number of nitrogens with zero attached hydrogens (tertiary/aromatic N) is 3. The third kappa shape index (κ3) is 2.22. The van der Waals surface area contributed by atoms with Gasteiger partial charge in [-0.1, -0.05) is 18.2 Å². The lowest BCUT2D eigenvalue weighted by Crippen LogP contribution is -2.48. The van der Waals surface area contributed by atoms with Crippen LogP contribution in [0, 0.1) is 5.41 Å². The lowest BCUT2D eigenvalue weighted by Gasteiger charge is -2.34. The van der Waals surface area contributed by atoms with Gasteiger partial charge in [-0.05, 0) is 6.07 Å². The number of aromatic nitrogens is 2. The monoisotopic (exact) mass is 257 g/mol. The van der Waals surface area contributed by atoms with Crippen molar-refractivity contribution in [2.45, 2.75) is 6.10 Å². The van der Waals surface area contributed by atoms with Crippen molar-refractivity contribution in [1.82, 2.24) is 10.2 Å². The quantitative estimate of drug-likeness (QED) is 0.613. The van der Waals surface area contributed by atoms with Gasteiger partial charge >= 0.3 is 0 Å². The highest BCUT2D eigenvalue weighted by molar-refractivity contribution is 5.91. The van der Waals surface area contributed by atoms with Crippen molar-refractivity contribution in [1.29, 1.82) is 5.41 Å². The normalized spacial score (nSPS) is 19.6. The fraction of sp³-hybridized carbons (Fsp3) is 0.308. The largest absolute Gasteiger partial charge is 0.385 e. The van der Waals surface area contributed by atoms with Gasteiger partial charge < -0.3 is 15.4 Å². The van der Waals surface area contributed by atoms with Crippen LogP contribution < -0.4 is 10.6 Å². The first-order valence-electron chi connectivity index (χ1n) is 6.16. The van der Waals surface area contributed by atoms with Crippen molar-refractivity contribution < 1.29 is 4.74 Å². The van der Waals surface area contributed by atoms with Crippen LogP contribution >= 0.6 is 0 Å². The number of amidine groups is 1. The van der Waals surface area contributed by atoms with Crippen molar-refractivity contribution in [3.8, 4) is 0 Å². The van der Waals surface area contributed by atoms with Crippen LogP contribution in [-0.2, 0) is 4.74 Å². The molecule has 1 fully saturated rings. The summed E-state index contributed by atoms with van der Waals surface area (Å²) in [6.45, 7) is 1.89. The van der Waals surface area contributed by atoms with E-state index in [0.717, 1.165) is 23.1 Å². The lowest BCUT2D eigenvalue weighted by molar-refractivity contribution is 0.0827. The van der Waals surface area contributed by atoms with E-state index in [4.69, 9.17) is 15.9 Å². The zero-order valence-corrected chi connectivity index (χ0v) is 10.4. The van der Waals surface area contributed by atoms with E-state index >= 15 is 0 Å². The van der Waals surface area contributed by atoms with Crippen LogP contribution in [0.25, 0.3) is 10.9 Å². The van der Waals surface area contributed by atoms with Crippen LogP contribution in [0.15, 0.2) is 30.5 Å². The second-order valence-corrected chi connectivity index (χ2v) is 4.51. The van der Waals surface area contributed by atoms with E-state index in [9.17, 15) is 0 Å². The molecule has 1 saturated heterocycles. The molecule has 19 heavy (non-hydrogen) atoms. The van der Waals surface area contributed by atoms with Gasteiger partial charge in [-0.25, -0.2) is 0 Å². The number of anilines is 1. The van der Waals surface area contributed by atoms with E-state index in [1.54, 1.807) is 6.20 Å². The van der Waals surface area contributed by atoms with E-state index in [1.807, 2.05) is 24.3 Å². The fourth-order valence-electron chi connectivity index (χ4n) is 2.30. The topological polar surface area (TPSA) is 88.1 Å². The van der Waals surface area contributed by atoms with Gasteiger partial charge in [0, 0.05) is 11.9 Å². The molecule has 1 unspecified atom stereocenters. The van der Waals surface area contributed by atoms with E-state index in [-0.39, 0.29) is 11.9 Å². The summed E-state index contributed by atoms with van der Waals surface area (Å²) in [4.78, 5) is 2.15. The van der Waals surface area contributed by atoms with Crippen LogP contribution in [-0.4, -0.2) is 41.8 Å². The van der Waals surface area contributed by atoms with Gasteiger partial charge in [0.2, 0.25) is 0 Å². The maximum atomic E-state index is 7.50. The molecule has 0 saturated carbocycles. The summed E-state index contributed by atoms with van der Waals surface area (Å²) in [5, 5.41) is 16.7. The van der Waals surface area contributed by atoms with Gasteiger partial charge in [-0.2, -0.15) is 10.2 Å². The first-order chi connectivity index (χ1) is 9.25. The molecule has 1 aromatic carbocycles. The van der Waals surface area contributed by atoms with E-state index < -0.39 is 0 Å². The molecule has 98 valence electrons. The number of nitrogens with one attached hydrogen (secondary N) is 1. The Labute approximate surface area is 110 Å². The molecular weight excluding hydrogens is 242 g/mol. The van der Waals surface area contributed by atoms with Crippen LogP contribution in [0.2, 0.25) is 0 Å². The molecule has 6 heteroatoms. The third-order valence-electron chi connectivity index (χ3n) is 3.28. The van der Waals surface area contributed by atoms with Gasteiger partial charge in [0.25, 0.3) is 0 Å². The van der Waals surface area contributed by atoms with Crippen LogP contribution in [0.1, 0.15) is 0 Å². The Hall–Kier alpha value is -2.21. The predicted octanol–water partition coefficient (Wildman–Crippen LogP) is 0.771. The highest BCUT2D eigenvalue weighted by Crippen LogP contribution is 2.25. The first kappa shape index (κ1) is 11.9. The average Bonchev–Trinajstić information content (AvgIpc) is 2.47. The molecule has 1 aliphatic heterocycles. The van der Waals surface area contributed by atoms with Gasteiger partial charge in [0.05, 0.1) is 30.6 Å². The number of morpholine rings is 1. The van der Waals surface area contributed by atoms with Crippen molar-refractivity contribution in [3.63, 3.8) is 0 Å². The maximum absolute atomic E-state index is 7.50. The van der Waals surface area contributed by atoms with Crippen molar-refractivity contribution >= 4 is 22.4 Å². The van der Waals surface area contributed by atoms with Crippen LogP contribution in [0.4, 0.5) is 5.69 Å². The number of ether oxygens (including phenoxy) is 1. The Balaban J connectivity index is 1.97. The Morgan fingerprint density at radius 3 is 3.11 bits per heavy atom. The summed E-state index contributed by atoms with van der Waals surface area (Å²) in [6, 6.07) is 7.89. The number of benzene rings is 1. The summed E-state index contributed by atoms with van der Waals surface area (Å²) < 4.78 is 5.48. The molecule has 0 radical (unpaired) electrons. The van der Waals surface area contributed by atoms with Crippen molar-refractivity contribution in [2.75, 3.05) is 24.6 Å². The lowest BCUT2D eigenvalue weighted by atomic mass is 10.1. The Morgan fingerprint density at radius 1 is 1.42 bits per heavy atom. The minimum atomic E-state index is -0.347. The smallest absolute Gasteiger partial charge is 0.131 e. The molecule has 2 heterocycles. The number of rotatable bonds is 2. The van der Waals surface area contributed by atoms with Crippen LogP contribution in [0.5, 0.6) is 0 Å². The average molecular weight is 257 g/mol. The predicted molar refractivity (Wildman–Crippen MR) is 73.4 cm³/mol. The zero-order valence-electron chi connectivity index (χ0n) is 10.4. The Bertz CT molecular complexity index is 610. The summed E-state index contributed by atoms with van der Waals surface area (Å²) >= 11 is 0. The van der Waals surface area contributed by atoms with E-state index in [1.165, 1.54) is 0 Å². The molecule has 3 N–H and O–H groups in total. The van der Waals surface area contributed by atoms with E-state index in [0.29, 0.717) is 13.2 Å². The number of hydrogen-bond donors (Lipinski definition) is 2. The second-order valence-electron chi connectivity index (χ2n) is 4.51. The molecule has 0 spiro atoms. The number of nitrogens with two attached hydrogens (primary N) is 1. The molecule has 1 atom stereocenters. The first-order valence-corrected chi connectivity index (χ1v) is 6.16. The van der Waals surface area contributed by atoms with Crippen molar-refractivity contribution in [2.24, 2.45) is 5.73 Å². The molecule has 1 aliphatic rings. The summed E-state index contributed by atoms with van der Waals surface area (Å²) in [6.07, 6.45) is 1.41. The molecule has 1 aromatic heterocycles. The molecule has 3 rings (SSSR count). The highest BCUT2D eigenvalue weighted by Gasteiger charge is 2.24. The Morgan fingerprint density at radius 2 is 2.26 bits per heavy atom. The fourth-order valence-corrected chi connectivity index (χ4v) is 2.30. The minimum Gasteiger partial charge on any atom is -0.385 e. The summed E-state index contributed by atoms with van der Waals surface area (Å²) in [5.41, 5.74) is 7.40. The standard InChI is InChI=1S/C13H15N5O/c14-13(15)12-8-18(5-6-19-12)11-7-16-17-10-4-2-1-3-9(10)11/h1-4,7,12H,5-6,8H2,(H3,14,15). The molecule has 6 nitrogen and oxygen atoms in total. The second kappa shape index (κ2) is 4.81. The number of hydrogen-bond acceptors (Lipinski definition) is 5. The zero-order chi connectivity index (χ0) is 13.2. The molecule has 0 bridgehead atoms. The SMILES string of the molecule is N=C(N)C1CN(c2cnnc3ccccc23)CCO1.